The quantitative estimate of drug-likeness (QED) is 0.294. The van der Waals surface area contributed by atoms with E-state index in [2.05, 4.69) is 5.32 Å². The van der Waals surface area contributed by atoms with Crippen LogP contribution in [-0.4, -0.2) is 24.6 Å². The highest BCUT2D eigenvalue weighted by Gasteiger charge is 2.27. The van der Waals surface area contributed by atoms with Gasteiger partial charge >= 0.3 is 6.92 Å². The molecule has 10 heteroatoms. The highest BCUT2D eigenvalue weighted by Crippen LogP contribution is 2.28. The van der Waals surface area contributed by atoms with Crippen molar-refractivity contribution in [3.05, 3.63) is 69.8 Å². The SMILES string of the molecule is CC.CN/C(C#N)=C1C(=N)B(O)CCc2ccc(F)cc2C(C)OC(=C(N)N)\C=C\1N. The molecule has 0 saturated carbocycles. The number of aryl methyl sites for hydroxylation is 1. The maximum Gasteiger partial charge on any atom is 0.344 e. The molecule has 31 heavy (non-hydrogen) atoms. The molecular formula is C21H30BFN6O2. The topological polar surface area (TPSA) is 167 Å². The number of hydrogen-bond acceptors (Lipinski definition) is 8. The summed E-state index contributed by atoms with van der Waals surface area (Å²) in [5.74, 6) is -0.595. The summed E-state index contributed by atoms with van der Waals surface area (Å²) in [6, 6.07) is 6.20. The number of allylic oxidation sites excluding steroid dienone is 3. The van der Waals surface area contributed by atoms with Crippen LogP contribution in [0.1, 0.15) is 38.0 Å². The molecule has 0 radical (unpaired) electrons. The molecule has 1 aliphatic rings. The van der Waals surface area contributed by atoms with Crippen molar-refractivity contribution < 1.29 is 14.2 Å². The van der Waals surface area contributed by atoms with Crippen molar-refractivity contribution in [2.24, 2.45) is 17.2 Å². The number of halogens is 1. The number of hydrogen-bond donors (Lipinski definition) is 6. The molecule has 2 rings (SSSR count). The Balaban J connectivity index is 0.00000233. The number of rotatable bonds is 1. The molecule has 8 nitrogen and oxygen atoms in total. The molecule has 0 fully saturated rings. The van der Waals surface area contributed by atoms with Crippen molar-refractivity contribution in [1.82, 2.24) is 5.32 Å². The van der Waals surface area contributed by atoms with E-state index in [4.69, 9.17) is 27.3 Å². The molecule has 166 valence electrons. The van der Waals surface area contributed by atoms with Crippen LogP contribution in [0.2, 0.25) is 6.32 Å². The van der Waals surface area contributed by atoms with E-state index in [1.165, 1.54) is 25.3 Å². The fourth-order valence-electron chi connectivity index (χ4n) is 3.10. The van der Waals surface area contributed by atoms with E-state index >= 15 is 0 Å². The largest absolute Gasteiger partial charge is 0.482 e. The fourth-order valence-corrected chi connectivity index (χ4v) is 3.10. The fraction of sp³-hybridized carbons (Fsp3) is 0.333. The van der Waals surface area contributed by atoms with Crippen LogP contribution in [-0.2, 0) is 11.2 Å². The molecule has 0 bridgehead atoms. The number of nitrogens with zero attached hydrogens (tertiary/aromatic N) is 1. The molecule has 0 spiro atoms. The molecule has 1 atom stereocenters. The van der Waals surface area contributed by atoms with Gasteiger partial charge in [-0.15, -0.1) is 0 Å². The minimum absolute atomic E-state index is 0.00493. The van der Waals surface area contributed by atoms with Gasteiger partial charge in [0.2, 0.25) is 0 Å². The minimum atomic E-state index is -1.20. The first-order valence-corrected chi connectivity index (χ1v) is 9.96. The summed E-state index contributed by atoms with van der Waals surface area (Å²) in [5, 5.41) is 31.0. The highest BCUT2D eigenvalue weighted by molar-refractivity contribution is 6.88. The zero-order valence-electron chi connectivity index (χ0n) is 18.3. The summed E-state index contributed by atoms with van der Waals surface area (Å²) in [6.45, 7) is 4.51. The van der Waals surface area contributed by atoms with Crippen LogP contribution in [0.15, 0.2) is 52.8 Å². The molecule has 9 N–H and O–H groups in total. The summed E-state index contributed by atoms with van der Waals surface area (Å²) < 4.78 is 19.7. The second-order valence-electron chi connectivity index (χ2n) is 6.60. The molecular weight excluding hydrogens is 398 g/mol. The summed E-state index contributed by atoms with van der Waals surface area (Å²) in [6.07, 6.45) is 1.19. The van der Waals surface area contributed by atoms with E-state index in [1.54, 1.807) is 13.0 Å². The van der Waals surface area contributed by atoms with Crippen molar-refractivity contribution >= 4 is 12.5 Å². The van der Waals surface area contributed by atoms with Crippen LogP contribution in [0.5, 0.6) is 0 Å². The van der Waals surface area contributed by atoms with E-state index in [1.807, 2.05) is 19.9 Å². The molecule has 1 aromatic rings. The van der Waals surface area contributed by atoms with Crippen LogP contribution in [0.4, 0.5) is 4.39 Å². The Morgan fingerprint density at radius 3 is 2.58 bits per heavy atom. The summed E-state index contributed by atoms with van der Waals surface area (Å²) in [5.41, 5.74) is 18.7. The van der Waals surface area contributed by atoms with E-state index in [0.717, 1.165) is 5.56 Å². The van der Waals surface area contributed by atoms with Crippen molar-refractivity contribution in [3.8, 4) is 6.07 Å². The molecule has 0 saturated heterocycles. The zero-order valence-corrected chi connectivity index (χ0v) is 18.3. The van der Waals surface area contributed by atoms with Gasteiger partial charge in [0.25, 0.3) is 0 Å². The lowest BCUT2D eigenvalue weighted by molar-refractivity contribution is 0.138. The smallest absolute Gasteiger partial charge is 0.344 e. The first kappa shape index (κ1) is 25.6. The second-order valence-corrected chi connectivity index (χ2v) is 6.60. The van der Waals surface area contributed by atoms with Crippen molar-refractivity contribution in [1.29, 1.82) is 10.7 Å². The molecule has 0 aliphatic carbocycles. The van der Waals surface area contributed by atoms with Crippen molar-refractivity contribution in [2.45, 2.75) is 39.6 Å². The third-order valence-electron chi connectivity index (χ3n) is 4.61. The number of benzene rings is 1. The molecule has 1 aromatic carbocycles. The van der Waals surface area contributed by atoms with E-state index < -0.39 is 18.8 Å². The van der Waals surface area contributed by atoms with Gasteiger partial charge in [-0.05, 0) is 42.9 Å². The lowest BCUT2D eigenvalue weighted by atomic mass is 9.56. The average molecular weight is 428 g/mol. The van der Waals surface area contributed by atoms with Crippen LogP contribution in [0.25, 0.3) is 0 Å². The molecule has 1 unspecified atom stereocenters. The van der Waals surface area contributed by atoms with Gasteiger partial charge in [0.15, 0.2) is 5.76 Å². The van der Waals surface area contributed by atoms with Crippen LogP contribution >= 0.6 is 0 Å². The van der Waals surface area contributed by atoms with Crippen molar-refractivity contribution in [2.75, 3.05) is 7.05 Å². The van der Waals surface area contributed by atoms with Crippen molar-refractivity contribution in [3.63, 3.8) is 0 Å². The molecule has 1 aliphatic heterocycles. The predicted octanol–water partition coefficient (Wildman–Crippen LogP) is 1.95. The van der Waals surface area contributed by atoms with E-state index in [-0.39, 0.29) is 40.5 Å². The standard InChI is InChI=1S/C19H24BFN6O2.C2H6/c1-10-13-7-12(21)4-3-11(13)5-6-20(28)18(24)17(15(9-22)27-2)14(23)8-16(29-10)19(25)26;1-2/h3-4,7-8,10,24,27-28H,5-6,23,25-26H2,1-2H3;1-2H3/b14-8-,17-15-,24-18?;. The van der Waals surface area contributed by atoms with Crippen LogP contribution < -0.4 is 22.5 Å². The van der Waals surface area contributed by atoms with E-state index in [0.29, 0.717) is 12.0 Å². The van der Waals surface area contributed by atoms with Gasteiger partial charge in [-0.1, -0.05) is 19.9 Å². The lowest BCUT2D eigenvalue weighted by Crippen LogP contribution is -2.32. The minimum Gasteiger partial charge on any atom is -0.482 e. The van der Waals surface area contributed by atoms with Gasteiger partial charge in [0.1, 0.15) is 29.5 Å². The summed E-state index contributed by atoms with van der Waals surface area (Å²) in [7, 11) is 1.51. The molecule has 0 amide bonds. The summed E-state index contributed by atoms with van der Waals surface area (Å²) in [4.78, 5) is 0. The maximum atomic E-state index is 13.8. The van der Waals surface area contributed by atoms with Gasteiger partial charge in [0, 0.05) is 30.0 Å². The Morgan fingerprint density at radius 2 is 2.03 bits per heavy atom. The third kappa shape index (κ3) is 6.26. The monoisotopic (exact) mass is 428 g/mol. The lowest BCUT2D eigenvalue weighted by Gasteiger charge is -2.22. The van der Waals surface area contributed by atoms with Gasteiger partial charge < -0.3 is 37.7 Å². The average Bonchev–Trinajstić information content (AvgIpc) is 2.75. The Morgan fingerprint density at radius 1 is 1.39 bits per heavy atom. The first-order valence-electron chi connectivity index (χ1n) is 9.96. The normalized spacial score (nSPS) is 20.2. The zero-order chi connectivity index (χ0) is 23.7. The maximum absolute atomic E-state index is 13.8. The number of nitriles is 1. The second kappa shape index (κ2) is 11.7. The Kier molecular flexibility index (Phi) is 9.63. The van der Waals surface area contributed by atoms with Crippen LogP contribution in [0.3, 0.4) is 0 Å². The Labute approximate surface area is 182 Å². The Hall–Kier alpha value is -3.45. The number of nitrogens with one attached hydrogen (secondary N) is 2. The molecule has 1 heterocycles. The van der Waals surface area contributed by atoms with Gasteiger partial charge in [-0.25, -0.2) is 4.39 Å². The number of fused-ring (bicyclic) bond motifs is 1. The van der Waals surface area contributed by atoms with E-state index in [9.17, 15) is 14.7 Å². The summed E-state index contributed by atoms with van der Waals surface area (Å²) >= 11 is 0. The third-order valence-corrected chi connectivity index (χ3v) is 4.61. The van der Waals surface area contributed by atoms with Gasteiger partial charge in [-0.2, -0.15) is 5.26 Å². The molecule has 0 aromatic heterocycles. The van der Waals surface area contributed by atoms with Crippen LogP contribution in [0, 0.1) is 22.6 Å². The number of nitrogens with two attached hydrogens (primary N) is 3. The Bertz CT molecular complexity index is 948. The van der Waals surface area contributed by atoms with Gasteiger partial charge in [0.05, 0.1) is 0 Å². The predicted molar refractivity (Wildman–Crippen MR) is 121 cm³/mol. The first-order chi connectivity index (χ1) is 14.7. The highest BCUT2D eigenvalue weighted by atomic mass is 19.1. The number of ether oxygens (including phenoxy) is 1. The van der Waals surface area contributed by atoms with Gasteiger partial charge in [-0.3, -0.25) is 0 Å².